The first-order chi connectivity index (χ1) is 8.19. The van der Waals surface area contributed by atoms with Gasteiger partial charge in [0, 0.05) is 30.1 Å². The highest BCUT2D eigenvalue weighted by Gasteiger charge is 2.02. The van der Waals surface area contributed by atoms with E-state index < -0.39 is 0 Å². The largest absolute Gasteiger partial charge is 0.488 e. The molecule has 90 valence electrons. The minimum absolute atomic E-state index is 0.518. The van der Waals surface area contributed by atoms with Crippen LogP contribution in [0.5, 0.6) is 5.75 Å². The molecule has 0 saturated carbocycles. The summed E-state index contributed by atoms with van der Waals surface area (Å²) in [5.74, 6) is 0.828. The number of hydrogen-bond donors (Lipinski definition) is 1. The summed E-state index contributed by atoms with van der Waals surface area (Å²) in [7, 11) is 0. The van der Waals surface area contributed by atoms with Crippen LogP contribution in [-0.4, -0.2) is 9.78 Å². The highest BCUT2D eigenvalue weighted by Crippen LogP contribution is 2.21. The number of benzene rings is 1. The molecule has 2 aromatic rings. The summed E-state index contributed by atoms with van der Waals surface area (Å²) >= 11 is 0. The summed E-state index contributed by atoms with van der Waals surface area (Å²) in [5, 5.41) is 4.20. The van der Waals surface area contributed by atoms with E-state index in [1.54, 1.807) is 0 Å². The van der Waals surface area contributed by atoms with Crippen LogP contribution in [-0.2, 0) is 13.2 Å². The van der Waals surface area contributed by atoms with Crippen molar-refractivity contribution < 1.29 is 4.74 Å². The Balaban J connectivity index is 2.04. The zero-order chi connectivity index (χ0) is 12.3. The summed E-state index contributed by atoms with van der Waals surface area (Å²) in [4.78, 5) is 0. The van der Waals surface area contributed by atoms with Crippen LogP contribution in [0.1, 0.15) is 18.1 Å². The van der Waals surface area contributed by atoms with E-state index in [4.69, 9.17) is 10.5 Å². The number of nitrogen functional groups attached to an aromatic ring is 1. The Morgan fingerprint density at radius 1 is 1.41 bits per heavy atom. The van der Waals surface area contributed by atoms with Gasteiger partial charge in [-0.25, -0.2) is 0 Å². The van der Waals surface area contributed by atoms with Crippen molar-refractivity contribution in [2.75, 3.05) is 5.73 Å². The lowest BCUT2D eigenvalue weighted by atomic mass is 10.2. The summed E-state index contributed by atoms with van der Waals surface area (Å²) in [6.45, 7) is 5.45. The standard InChI is InChI=1S/C13H17N3O/c1-3-16-8-11(7-15-16)9-17-13-6-12(14)5-4-10(13)2/h4-8H,3,9,14H2,1-2H3. The van der Waals surface area contributed by atoms with Crippen LogP contribution in [0, 0.1) is 6.92 Å². The molecule has 2 rings (SSSR count). The van der Waals surface area contributed by atoms with E-state index in [1.165, 1.54) is 0 Å². The smallest absolute Gasteiger partial charge is 0.124 e. The van der Waals surface area contributed by atoms with Gasteiger partial charge in [-0.15, -0.1) is 0 Å². The normalized spacial score (nSPS) is 10.5. The van der Waals surface area contributed by atoms with Crippen LogP contribution >= 0.6 is 0 Å². The molecule has 0 radical (unpaired) electrons. The fourth-order valence-electron chi connectivity index (χ4n) is 1.59. The Labute approximate surface area is 101 Å². The zero-order valence-electron chi connectivity index (χ0n) is 10.2. The van der Waals surface area contributed by atoms with Crippen molar-refractivity contribution in [2.45, 2.75) is 27.0 Å². The monoisotopic (exact) mass is 231 g/mol. The summed E-state index contributed by atoms with van der Waals surface area (Å²) < 4.78 is 7.61. The number of anilines is 1. The zero-order valence-corrected chi connectivity index (χ0v) is 10.2. The third-order valence-corrected chi connectivity index (χ3v) is 2.62. The Bertz CT molecular complexity index is 505. The topological polar surface area (TPSA) is 53.1 Å². The number of aromatic nitrogens is 2. The lowest BCUT2D eigenvalue weighted by Gasteiger charge is -2.08. The molecule has 2 N–H and O–H groups in total. The first-order valence-corrected chi connectivity index (χ1v) is 5.69. The summed E-state index contributed by atoms with van der Waals surface area (Å²) in [5.41, 5.74) is 8.59. The summed E-state index contributed by atoms with van der Waals surface area (Å²) in [6, 6.07) is 5.68. The SMILES string of the molecule is CCn1cc(COc2cc(N)ccc2C)cn1. The second kappa shape index (κ2) is 4.91. The van der Waals surface area contributed by atoms with E-state index in [0.29, 0.717) is 6.61 Å². The van der Waals surface area contributed by atoms with Gasteiger partial charge in [0.1, 0.15) is 12.4 Å². The molecule has 1 aromatic carbocycles. The van der Waals surface area contributed by atoms with Crippen molar-refractivity contribution in [1.82, 2.24) is 9.78 Å². The van der Waals surface area contributed by atoms with Crippen LogP contribution in [0.15, 0.2) is 30.6 Å². The molecule has 0 bridgehead atoms. The van der Waals surface area contributed by atoms with Crippen molar-refractivity contribution >= 4 is 5.69 Å². The predicted octanol–water partition coefficient (Wildman–Crippen LogP) is 2.37. The van der Waals surface area contributed by atoms with Crippen molar-refractivity contribution in [3.05, 3.63) is 41.7 Å². The number of ether oxygens (including phenoxy) is 1. The average molecular weight is 231 g/mol. The van der Waals surface area contributed by atoms with Gasteiger partial charge in [0.15, 0.2) is 0 Å². The first kappa shape index (κ1) is 11.5. The van der Waals surface area contributed by atoms with E-state index in [2.05, 4.69) is 12.0 Å². The maximum absolute atomic E-state index is 5.73. The maximum Gasteiger partial charge on any atom is 0.124 e. The maximum atomic E-state index is 5.73. The molecular weight excluding hydrogens is 214 g/mol. The minimum Gasteiger partial charge on any atom is -0.488 e. The van der Waals surface area contributed by atoms with Crippen LogP contribution in [0.4, 0.5) is 5.69 Å². The van der Waals surface area contributed by atoms with Crippen molar-refractivity contribution in [1.29, 1.82) is 0 Å². The number of nitrogens with zero attached hydrogens (tertiary/aromatic N) is 2. The van der Waals surface area contributed by atoms with E-state index in [1.807, 2.05) is 42.2 Å². The molecule has 0 unspecified atom stereocenters. The van der Waals surface area contributed by atoms with E-state index >= 15 is 0 Å². The van der Waals surface area contributed by atoms with Gasteiger partial charge < -0.3 is 10.5 Å². The molecule has 1 heterocycles. The second-order valence-corrected chi connectivity index (χ2v) is 4.02. The van der Waals surface area contributed by atoms with Crippen molar-refractivity contribution in [2.24, 2.45) is 0 Å². The molecule has 0 fully saturated rings. The predicted molar refractivity (Wildman–Crippen MR) is 67.8 cm³/mol. The Hall–Kier alpha value is -1.97. The van der Waals surface area contributed by atoms with Gasteiger partial charge in [0.2, 0.25) is 0 Å². The fraction of sp³-hybridized carbons (Fsp3) is 0.308. The third-order valence-electron chi connectivity index (χ3n) is 2.62. The second-order valence-electron chi connectivity index (χ2n) is 4.02. The fourth-order valence-corrected chi connectivity index (χ4v) is 1.59. The lowest BCUT2D eigenvalue weighted by molar-refractivity contribution is 0.304. The Morgan fingerprint density at radius 3 is 2.94 bits per heavy atom. The van der Waals surface area contributed by atoms with Gasteiger partial charge in [-0.1, -0.05) is 6.07 Å². The molecule has 0 amide bonds. The number of nitrogens with two attached hydrogens (primary N) is 1. The Kier molecular flexibility index (Phi) is 3.32. The molecule has 0 aliphatic rings. The molecule has 1 aromatic heterocycles. The first-order valence-electron chi connectivity index (χ1n) is 5.69. The van der Waals surface area contributed by atoms with Crippen LogP contribution in [0.25, 0.3) is 0 Å². The third kappa shape index (κ3) is 2.78. The van der Waals surface area contributed by atoms with Crippen molar-refractivity contribution in [3.63, 3.8) is 0 Å². The van der Waals surface area contributed by atoms with Gasteiger partial charge >= 0.3 is 0 Å². The van der Waals surface area contributed by atoms with Gasteiger partial charge in [-0.2, -0.15) is 5.10 Å². The van der Waals surface area contributed by atoms with Crippen LogP contribution in [0.2, 0.25) is 0 Å². The van der Waals surface area contributed by atoms with Gasteiger partial charge in [0.05, 0.1) is 6.20 Å². The Morgan fingerprint density at radius 2 is 2.24 bits per heavy atom. The molecular formula is C13H17N3O. The minimum atomic E-state index is 0.518. The molecule has 4 nitrogen and oxygen atoms in total. The quantitative estimate of drug-likeness (QED) is 0.822. The molecule has 0 atom stereocenters. The molecule has 0 spiro atoms. The molecule has 0 aliphatic carbocycles. The molecule has 17 heavy (non-hydrogen) atoms. The number of aryl methyl sites for hydroxylation is 2. The average Bonchev–Trinajstić information content (AvgIpc) is 2.78. The lowest BCUT2D eigenvalue weighted by Crippen LogP contribution is -1.97. The highest BCUT2D eigenvalue weighted by molar-refractivity contribution is 5.47. The number of hydrogen-bond acceptors (Lipinski definition) is 3. The van der Waals surface area contributed by atoms with Crippen LogP contribution in [0.3, 0.4) is 0 Å². The van der Waals surface area contributed by atoms with Crippen LogP contribution < -0.4 is 10.5 Å². The summed E-state index contributed by atoms with van der Waals surface area (Å²) in [6.07, 6.45) is 3.81. The molecule has 4 heteroatoms. The van der Waals surface area contributed by atoms with E-state index in [-0.39, 0.29) is 0 Å². The van der Waals surface area contributed by atoms with Gasteiger partial charge in [-0.3, -0.25) is 4.68 Å². The van der Waals surface area contributed by atoms with E-state index in [9.17, 15) is 0 Å². The highest BCUT2D eigenvalue weighted by atomic mass is 16.5. The van der Waals surface area contributed by atoms with Gasteiger partial charge in [-0.05, 0) is 25.5 Å². The van der Waals surface area contributed by atoms with Crippen molar-refractivity contribution in [3.8, 4) is 5.75 Å². The molecule has 0 aliphatic heterocycles. The molecule has 0 saturated heterocycles. The van der Waals surface area contributed by atoms with Gasteiger partial charge in [0.25, 0.3) is 0 Å². The number of rotatable bonds is 4. The van der Waals surface area contributed by atoms with E-state index in [0.717, 1.165) is 29.1 Å².